The molecule has 17 heavy (non-hydrogen) atoms. The first kappa shape index (κ1) is 13.8. The van der Waals surface area contributed by atoms with Gasteiger partial charge in [-0.3, -0.25) is 4.79 Å². The van der Waals surface area contributed by atoms with Crippen LogP contribution in [-0.4, -0.2) is 24.4 Å². The molecule has 4 heteroatoms. The van der Waals surface area contributed by atoms with E-state index in [2.05, 4.69) is 5.32 Å². The van der Waals surface area contributed by atoms with Crippen molar-refractivity contribution >= 4 is 17.5 Å². The fraction of sp³-hybridized carbons (Fsp3) is 0.462. The normalized spacial score (nSPS) is 11.9. The Labute approximate surface area is 107 Å². The van der Waals surface area contributed by atoms with E-state index in [-0.39, 0.29) is 12.0 Å². The second-order valence-corrected chi connectivity index (χ2v) is 4.37. The van der Waals surface area contributed by atoms with Gasteiger partial charge in [0.1, 0.15) is 11.9 Å². The lowest BCUT2D eigenvalue weighted by atomic mass is 10.2. The van der Waals surface area contributed by atoms with Gasteiger partial charge in [0.25, 0.3) is 0 Å². The van der Waals surface area contributed by atoms with E-state index in [0.717, 1.165) is 11.3 Å². The van der Waals surface area contributed by atoms with E-state index in [0.29, 0.717) is 18.8 Å². The van der Waals surface area contributed by atoms with E-state index in [1.165, 1.54) is 0 Å². The number of aryl methyl sites for hydroxylation is 1. The zero-order valence-corrected chi connectivity index (χ0v) is 11.0. The molecule has 1 N–H and O–H groups in total. The smallest absolute Gasteiger partial charge is 0.221 e. The van der Waals surface area contributed by atoms with Crippen LogP contribution in [0.2, 0.25) is 0 Å². The molecule has 3 nitrogen and oxygen atoms in total. The van der Waals surface area contributed by atoms with Crippen LogP contribution in [0, 0.1) is 6.92 Å². The van der Waals surface area contributed by atoms with Gasteiger partial charge in [-0.05, 0) is 31.5 Å². The number of rotatable bonds is 6. The molecule has 1 rings (SSSR count). The molecule has 0 aromatic heterocycles. The van der Waals surface area contributed by atoms with Gasteiger partial charge in [-0.1, -0.05) is 12.1 Å². The number of nitrogens with one attached hydrogen (secondary N) is 1. The van der Waals surface area contributed by atoms with Gasteiger partial charge < -0.3 is 10.1 Å². The van der Waals surface area contributed by atoms with Gasteiger partial charge in [0.15, 0.2) is 0 Å². The first-order valence-electron chi connectivity index (χ1n) is 5.68. The van der Waals surface area contributed by atoms with Crippen molar-refractivity contribution in [3.05, 3.63) is 29.8 Å². The van der Waals surface area contributed by atoms with E-state index in [1.54, 1.807) is 0 Å². The lowest BCUT2D eigenvalue weighted by molar-refractivity contribution is -0.121. The summed E-state index contributed by atoms with van der Waals surface area (Å²) in [7, 11) is 0. The molecule has 0 bridgehead atoms. The molecule has 1 aromatic rings. The molecule has 0 aliphatic heterocycles. The van der Waals surface area contributed by atoms with E-state index in [4.69, 9.17) is 16.3 Å². The standard InChI is InChI=1S/C13H18ClNO2/c1-10-4-3-5-12(8-10)17-11(2)9-15-13(16)6-7-14/h3-5,8,11H,6-7,9H2,1-2H3,(H,15,16). The van der Waals surface area contributed by atoms with E-state index in [1.807, 2.05) is 38.1 Å². The summed E-state index contributed by atoms with van der Waals surface area (Å²) in [6.45, 7) is 4.42. The Morgan fingerprint density at radius 2 is 2.29 bits per heavy atom. The third kappa shape index (κ3) is 5.59. The number of benzene rings is 1. The minimum absolute atomic E-state index is 0.0420. The van der Waals surface area contributed by atoms with Crippen LogP contribution in [0.15, 0.2) is 24.3 Å². The zero-order chi connectivity index (χ0) is 12.7. The van der Waals surface area contributed by atoms with Crippen LogP contribution in [0.5, 0.6) is 5.75 Å². The number of halogens is 1. The number of hydrogen-bond acceptors (Lipinski definition) is 2. The number of hydrogen-bond donors (Lipinski definition) is 1. The number of alkyl halides is 1. The van der Waals surface area contributed by atoms with Crippen molar-refractivity contribution in [1.29, 1.82) is 0 Å². The zero-order valence-electron chi connectivity index (χ0n) is 10.2. The molecule has 0 aliphatic carbocycles. The van der Waals surface area contributed by atoms with Crippen molar-refractivity contribution in [3.63, 3.8) is 0 Å². The van der Waals surface area contributed by atoms with E-state index < -0.39 is 0 Å². The summed E-state index contributed by atoms with van der Waals surface area (Å²) >= 11 is 5.47. The van der Waals surface area contributed by atoms with Crippen molar-refractivity contribution in [3.8, 4) is 5.75 Å². The van der Waals surface area contributed by atoms with Crippen molar-refractivity contribution in [2.45, 2.75) is 26.4 Å². The second-order valence-electron chi connectivity index (χ2n) is 3.99. The topological polar surface area (TPSA) is 38.3 Å². The molecule has 0 saturated carbocycles. The average Bonchev–Trinajstić information content (AvgIpc) is 2.27. The van der Waals surface area contributed by atoms with Gasteiger partial charge in [0.2, 0.25) is 5.91 Å². The van der Waals surface area contributed by atoms with Crippen LogP contribution in [0.4, 0.5) is 0 Å². The summed E-state index contributed by atoms with van der Waals surface area (Å²) in [5.41, 5.74) is 1.15. The summed E-state index contributed by atoms with van der Waals surface area (Å²) in [6.07, 6.45) is 0.287. The molecule has 94 valence electrons. The van der Waals surface area contributed by atoms with Gasteiger partial charge in [-0.25, -0.2) is 0 Å². The highest BCUT2D eigenvalue weighted by molar-refractivity contribution is 6.18. The predicted molar refractivity (Wildman–Crippen MR) is 69.6 cm³/mol. The molecule has 0 aliphatic rings. The van der Waals surface area contributed by atoms with Gasteiger partial charge in [0, 0.05) is 12.3 Å². The fourth-order valence-corrected chi connectivity index (χ4v) is 1.57. The lowest BCUT2D eigenvalue weighted by Gasteiger charge is -2.15. The summed E-state index contributed by atoms with van der Waals surface area (Å²) in [6, 6.07) is 7.84. The molecule has 1 atom stereocenters. The fourth-order valence-electron chi connectivity index (χ4n) is 1.39. The van der Waals surface area contributed by atoms with Gasteiger partial charge in [-0.15, -0.1) is 11.6 Å². The third-order valence-electron chi connectivity index (χ3n) is 2.24. The van der Waals surface area contributed by atoms with E-state index in [9.17, 15) is 4.79 Å². The molecule has 0 saturated heterocycles. The predicted octanol–water partition coefficient (Wildman–Crippen LogP) is 2.51. The quantitative estimate of drug-likeness (QED) is 0.794. The minimum atomic E-state index is -0.0592. The Morgan fingerprint density at radius 1 is 1.53 bits per heavy atom. The van der Waals surface area contributed by atoms with Crippen LogP contribution in [0.25, 0.3) is 0 Å². The second kappa shape index (κ2) is 7.17. The molecular weight excluding hydrogens is 238 g/mol. The van der Waals surface area contributed by atoms with Crippen LogP contribution in [-0.2, 0) is 4.79 Å². The first-order valence-corrected chi connectivity index (χ1v) is 6.21. The Kier molecular flexibility index (Phi) is 5.84. The van der Waals surface area contributed by atoms with Gasteiger partial charge >= 0.3 is 0 Å². The highest BCUT2D eigenvalue weighted by Gasteiger charge is 2.06. The summed E-state index contributed by atoms with van der Waals surface area (Å²) in [5.74, 6) is 1.13. The molecular formula is C13H18ClNO2. The third-order valence-corrected chi connectivity index (χ3v) is 2.42. The van der Waals surface area contributed by atoms with Gasteiger partial charge in [-0.2, -0.15) is 0 Å². The van der Waals surface area contributed by atoms with Crippen LogP contribution >= 0.6 is 11.6 Å². The Balaban J connectivity index is 2.34. The molecule has 1 amide bonds. The number of amides is 1. The SMILES string of the molecule is Cc1cccc(OC(C)CNC(=O)CCCl)c1. The summed E-state index contributed by atoms with van der Waals surface area (Å²) in [4.78, 5) is 11.2. The Bertz CT molecular complexity index is 368. The van der Waals surface area contributed by atoms with Crippen molar-refractivity contribution in [2.75, 3.05) is 12.4 Å². The molecule has 0 spiro atoms. The molecule has 0 fully saturated rings. The largest absolute Gasteiger partial charge is 0.489 e. The summed E-state index contributed by atoms with van der Waals surface area (Å²) in [5, 5.41) is 2.77. The maximum atomic E-state index is 11.2. The highest BCUT2D eigenvalue weighted by atomic mass is 35.5. The number of carbonyl (C=O) groups excluding carboxylic acids is 1. The Hall–Kier alpha value is -1.22. The van der Waals surface area contributed by atoms with Crippen molar-refractivity contribution in [2.24, 2.45) is 0 Å². The van der Waals surface area contributed by atoms with Crippen LogP contribution in [0.3, 0.4) is 0 Å². The number of carbonyl (C=O) groups is 1. The maximum Gasteiger partial charge on any atom is 0.221 e. The van der Waals surface area contributed by atoms with E-state index >= 15 is 0 Å². The molecule has 0 heterocycles. The maximum absolute atomic E-state index is 11.2. The Morgan fingerprint density at radius 3 is 2.94 bits per heavy atom. The first-order chi connectivity index (χ1) is 8.11. The molecule has 1 unspecified atom stereocenters. The summed E-state index contributed by atoms with van der Waals surface area (Å²) < 4.78 is 5.68. The van der Waals surface area contributed by atoms with Crippen molar-refractivity contribution < 1.29 is 9.53 Å². The minimum Gasteiger partial charge on any atom is -0.489 e. The average molecular weight is 256 g/mol. The molecule has 0 radical (unpaired) electrons. The molecule has 1 aromatic carbocycles. The lowest BCUT2D eigenvalue weighted by Crippen LogP contribution is -2.33. The van der Waals surface area contributed by atoms with Crippen molar-refractivity contribution in [1.82, 2.24) is 5.32 Å². The number of ether oxygens (including phenoxy) is 1. The highest BCUT2D eigenvalue weighted by Crippen LogP contribution is 2.13. The van der Waals surface area contributed by atoms with Crippen LogP contribution < -0.4 is 10.1 Å². The van der Waals surface area contributed by atoms with Crippen LogP contribution in [0.1, 0.15) is 18.9 Å². The van der Waals surface area contributed by atoms with Gasteiger partial charge in [0.05, 0.1) is 6.54 Å². The monoisotopic (exact) mass is 255 g/mol.